The zero-order valence-electron chi connectivity index (χ0n) is 14.3. The number of amides is 3. The van der Waals surface area contributed by atoms with Crippen molar-refractivity contribution in [2.45, 2.75) is 31.8 Å². The number of hydrogen-bond acceptors (Lipinski definition) is 3. The number of likely N-dealkylation sites (tertiary alicyclic amines) is 1. The molecule has 0 aromatic heterocycles. The van der Waals surface area contributed by atoms with E-state index in [0.29, 0.717) is 18.1 Å². The van der Waals surface area contributed by atoms with Crippen LogP contribution >= 0.6 is 11.6 Å². The predicted octanol–water partition coefficient (Wildman–Crippen LogP) is 1.85. The first-order valence-corrected chi connectivity index (χ1v) is 9.12. The topological polar surface area (TPSA) is 98.7 Å². The molecular weight excluding hydrogens is 358 g/mol. The number of benzene rings is 1. The lowest BCUT2D eigenvalue weighted by molar-refractivity contribution is -0.149. The van der Waals surface area contributed by atoms with Crippen LogP contribution in [-0.4, -0.2) is 47.0 Å². The van der Waals surface area contributed by atoms with Crippen LogP contribution in [0.3, 0.4) is 0 Å². The molecule has 2 aliphatic rings. The van der Waals surface area contributed by atoms with Crippen LogP contribution < -0.4 is 10.6 Å². The van der Waals surface area contributed by atoms with E-state index in [2.05, 4.69) is 10.6 Å². The van der Waals surface area contributed by atoms with Gasteiger partial charge in [-0.3, -0.25) is 4.79 Å². The SMILES string of the molecule is O=C(NCC(=O)N1CC2CCCC2C1C(=O)O)NCc1ccc(Cl)cc1. The quantitative estimate of drug-likeness (QED) is 0.727. The van der Waals surface area contributed by atoms with Crippen molar-refractivity contribution in [1.82, 2.24) is 15.5 Å². The van der Waals surface area contributed by atoms with Crippen LogP contribution in [0.2, 0.25) is 5.02 Å². The second-order valence-corrected chi connectivity index (χ2v) is 7.28. The number of nitrogens with zero attached hydrogens (tertiary/aromatic N) is 1. The Hall–Kier alpha value is -2.28. The van der Waals surface area contributed by atoms with Gasteiger partial charge in [0.05, 0.1) is 6.54 Å². The van der Waals surface area contributed by atoms with E-state index in [1.165, 1.54) is 4.90 Å². The van der Waals surface area contributed by atoms with Crippen molar-refractivity contribution in [3.05, 3.63) is 34.9 Å². The van der Waals surface area contributed by atoms with E-state index in [1.54, 1.807) is 24.3 Å². The maximum absolute atomic E-state index is 12.4. The first-order chi connectivity index (χ1) is 12.5. The fourth-order valence-electron chi connectivity index (χ4n) is 3.98. The molecule has 140 valence electrons. The summed E-state index contributed by atoms with van der Waals surface area (Å²) in [5.41, 5.74) is 0.884. The lowest BCUT2D eigenvalue weighted by atomic mass is 9.94. The molecule has 0 bridgehead atoms. The minimum atomic E-state index is -0.958. The highest BCUT2D eigenvalue weighted by molar-refractivity contribution is 6.30. The molecule has 2 fully saturated rings. The maximum Gasteiger partial charge on any atom is 0.326 e. The molecule has 1 heterocycles. The van der Waals surface area contributed by atoms with Crippen LogP contribution in [0.5, 0.6) is 0 Å². The minimum absolute atomic E-state index is 0.0372. The lowest BCUT2D eigenvalue weighted by Gasteiger charge is -2.24. The third-order valence-electron chi connectivity index (χ3n) is 5.23. The van der Waals surface area contributed by atoms with Gasteiger partial charge < -0.3 is 20.6 Å². The molecule has 7 nitrogen and oxygen atoms in total. The van der Waals surface area contributed by atoms with Gasteiger partial charge in [0.15, 0.2) is 0 Å². The van der Waals surface area contributed by atoms with Gasteiger partial charge in [-0.25, -0.2) is 9.59 Å². The average Bonchev–Trinajstić information content (AvgIpc) is 3.19. The van der Waals surface area contributed by atoms with Crippen LogP contribution in [0.15, 0.2) is 24.3 Å². The molecule has 1 saturated carbocycles. The van der Waals surface area contributed by atoms with Crippen LogP contribution in [0.25, 0.3) is 0 Å². The number of carbonyl (C=O) groups excluding carboxylic acids is 2. The first kappa shape index (κ1) is 18.5. The zero-order valence-corrected chi connectivity index (χ0v) is 15.0. The van der Waals surface area contributed by atoms with Gasteiger partial charge >= 0.3 is 12.0 Å². The van der Waals surface area contributed by atoms with Crippen molar-refractivity contribution >= 4 is 29.5 Å². The molecule has 3 rings (SSSR count). The number of carboxylic acids is 1. The Balaban J connectivity index is 1.47. The van der Waals surface area contributed by atoms with Gasteiger partial charge in [-0.15, -0.1) is 0 Å². The normalized spacial score (nSPS) is 24.2. The highest BCUT2D eigenvalue weighted by Gasteiger charge is 2.49. The van der Waals surface area contributed by atoms with Crippen LogP contribution in [0, 0.1) is 11.8 Å². The third-order valence-corrected chi connectivity index (χ3v) is 5.48. The monoisotopic (exact) mass is 379 g/mol. The summed E-state index contributed by atoms with van der Waals surface area (Å²) >= 11 is 5.81. The van der Waals surface area contributed by atoms with Crippen molar-refractivity contribution in [2.75, 3.05) is 13.1 Å². The van der Waals surface area contributed by atoms with Gasteiger partial charge in [0.2, 0.25) is 5.91 Å². The second-order valence-electron chi connectivity index (χ2n) is 6.85. The fraction of sp³-hybridized carbons (Fsp3) is 0.500. The summed E-state index contributed by atoms with van der Waals surface area (Å²) in [5, 5.41) is 15.3. The van der Waals surface area contributed by atoms with E-state index in [1.807, 2.05) is 0 Å². The Labute approximate surface area is 156 Å². The predicted molar refractivity (Wildman–Crippen MR) is 95.7 cm³/mol. The molecule has 1 saturated heterocycles. The molecule has 8 heteroatoms. The largest absolute Gasteiger partial charge is 0.480 e. The summed E-state index contributed by atoms with van der Waals surface area (Å²) in [4.78, 5) is 37.3. The van der Waals surface area contributed by atoms with E-state index < -0.39 is 18.0 Å². The molecule has 26 heavy (non-hydrogen) atoms. The number of fused-ring (bicyclic) bond motifs is 1. The van der Waals surface area contributed by atoms with E-state index in [0.717, 1.165) is 24.8 Å². The Kier molecular flexibility index (Phi) is 5.66. The number of rotatable bonds is 5. The van der Waals surface area contributed by atoms with E-state index in [9.17, 15) is 19.5 Å². The standard InChI is InChI=1S/C18H22ClN3O4/c19-13-6-4-11(5-7-13)8-20-18(26)21-9-15(23)22-10-12-2-1-3-14(12)16(22)17(24)25/h4-7,12,14,16H,1-3,8-10H2,(H,24,25)(H2,20,21,26). The number of nitrogens with one attached hydrogen (secondary N) is 2. The summed E-state index contributed by atoms with van der Waals surface area (Å²) in [6.45, 7) is 0.563. The summed E-state index contributed by atoms with van der Waals surface area (Å²) in [6, 6.07) is 5.82. The van der Waals surface area contributed by atoms with Gasteiger partial charge in [0.25, 0.3) is 0 Å². The Morgan fingerprint density at radius 3 is 2.58 bits per heavy atom. The number of carboxylic acid groups (broad SMARTS) is 1. The number of halogens is 1. The van der Waals surface area contributed by atoms with Gasteiger partial charge in [0, 0.05) is 18.1 Å². The summed E-state index contributed by atoms with van der Waals surface area (Å²) in [6.07, 6.45) is 2.83. The van der Waals surface area contributed by atoms with Crippen molar-refractivity contribution in [3.63, 3.8) is 0 Å². The molecule has 0 spiro atoms. The molecule has 0 radical (unpaired) electrons. The number of hydrogen-bond donors (Lipinski definition) is 3. The van der Waals surface area contributed by atoms with E-state index in [-0.39, 0.29) is 24.3 Å². The highest BCUT2D eigenvalue weighted by Crippen LogP contribution is 2.42. The summed E-state index contributed by atoms with van der Waals surface area (Å²) in [7, 11) is 0. The molecule has 1 aromatic carbocycles. The second kappa shape index (κ2) is 7.95. The molecule has 1 aliphatic carbocycles. The van der Waals surface area contributed by atoms with Crippen molar-refractivity contribution in [3.8, 4) is 0 Å². The van der Waals surface area contributed by atoms with Gasteiger partial charge in [-0.2, -0.15) is 0 Å². The smallest absolute Gasteiger partial charge is 0.326 e. The van der Waals surface area contributed by atoms with E-state index in [4.69, 9.17) is 11.6 Å². The number of carbonyl (C=O) groups is 3. The Morgan fingerprint density at radius 1 is 1.15 bits per heavy atom. The average molecular weight is 380 g/mol. The van der Waals surface area contributed by atoms with Crippen LogP contribution in [0.1, 0.15) is 24.8 Å². The van der Waals surface area contributed by atoms with Crippen LogP contribution in [0.4, 0.5) is 4.79 Å². The van der Waals surface area contributed by atoms with Gasteiger partial charge in [-0.1, -0.05) is 30.2 Å². The number of urea groups is 1. The highest BCUT2D eigenvalue weighted by atomic mass is 35.5. The summed E-state index contributed by atoms with van der Waals surface area (Å²) in [5.74, 6) is -1.01. The number of aliphatic carboxylic acids is 1. The minimum Gasteiger partial charge on any atom is -0.480 e. The molecular formula is C18H22ClN3O4. The lowest BCUT2D eigenvalue weighted by Crippen LogP contribution is -2.48. The van der Waals surface area contributed by atoms with Gasteiger partial charge in [0.1, 0.15) is 6.04 Å². The van der Waals surface area contributed by atoms with Crippen LogP contribution in [-0.2, 0) is 16.1 Å². The third kappa shape index (κ3) is 4.09. The molecule has 3 atom stereocenters. The van der Waals surface area contributed by atoms with Crippen molar-refractivity contribution in [2.24, 2.45) is 11.8 Å². The molecule has 1 aromatic rings. The molecule has 3 N–H and O–H groups in total. The molecule has 3 unspecified atom stereocenters. The maximum atomic E-state index is 12.4. The molecule has 1 aliphatic heterocycles. The van der Waals surface area contributed by atoms with Crippen molar-refractivity contribution < 1.29 is 19.5 Å². The van der Waals surface area contributed by atoms with Gasteiger partial charge in [-0.05, 0) is 42.4 Å². The van der Waals surface area contributed by atoms with E-state index >= 15 is 0 Å². The molecule has 3 amide bonds. The first-order valence-electron chi connectivity index (χ1n) is 8.74. The summed E-state index contributed by atoms with van der Waals surface area (Å²) < 4.78 is 0. The van der Waals surface area contributed by atoms with Crippen molar-refractivity contribution in [1.29, 1.82) is 0 Å². The zero-order chi connectivity index (χ0) is 18.7. The Bertz CT molecular complexity index is 694. The fourth-order valence-corrected chi connectivity index (χ4v) is 4.11. The Morgan fingerprint density at radius 2 is 1.88 bits per heavy atom.